The van der Waals surface area contributed by atoms with Crippen molar-refractivity contribution in [3.63, 3.8) is 0 Å². The van der Waals surface area contributed by atoms with E-state index in [1.807, 2.05) is 13.2 Å². The molecule has 1 saturated carbocycles. The van der Waals surface area contributed by atoms with Gasteiger partial charge in [0.25, 0.3) is 0 Å². The van der Waals surface area contributed by atoms with Crippen molar-refractivity contribution in [2.24, 2.45) is 17.1 Å². The summed E-state index contributed by atoms with van der Waals surface area (Å²) in [5.74, 6) is 1.47. The van der Waals surface area contributed by atoms with Crippen molar-refractivity contribution in [2.75, 3.05) is 12.0 Å². The van der Waals surface area contributed by atoms with E-state index >= 15 is 0 Å². The Morgan fingerprint density at radius 1 is 1.69 bits per heavy atom. The third-order valence-electron chi connectivity index (χ3n) is 3.09. The summed E-state index contributed by atoms with van der Waals surface area (Å²) < 4.78 is 0. The number of amides is 1. The molecule has 1 atom stereocenters. The molecule has 1 rings (SSSR count). The highest BCUT2D eigenvalue weighted by Gasteiger charge is 2.50. The normalized spacial score (nSPS) is 30.3. The van der Waals surface area contributed by atoms with Crippen LogP contribution >= 0.6 is 24.0 Å². The zero-order valence-corrected chi connectivity index (χ0v) is 11.7. The maximum atomic E-state index is 12.1. The highest BCUT2D eigenvalue weighted by Crippen LogP contribution is 2.46. The molecule has 1 aliphatic rings. The number of hydrogen-bond acceptors (Lipinski definition) is 3. The van der Waals surface area contributed by atoms with E-state index in [4.69, 9.17) is 18.0 Å². The van der Waals surface area contributed by atoms with E-state index in [2.05, 4.69) is 12.2 Å². The highest BCUT2D eigenvalue weighted by atomic mass is 32.2. The zero-order chi connectivity index (χ0) is 12.3. The molecule has 0 aliphatic heterocycles. The van der Waals surface area contributed by atoms with Crippen molar-refractivity contribution in [2.45, 2.75) is 32.7 Å². The first-order valence-electron chi connectivity index (χ1n) is 5.52. The number of thioether (sulfide) groups is 1. The molecule has 0 bridgehead atoms. The number of carbonyl (C=O) groups is 1. The Balaban J connectivity index is 2.60. The lowest BCUT2D eigenvalue weighted by Crippen LogP contribution is -2.57. The summed E-state index contributed by atoms with van der Waals surface area (Å²) >= 11 is 6.76. The quantitative estimate of drug-likeness (QED) is 0.737. The van der Waals surface area contributed by atoms with Crippen molar-refractivity contribution >= 4 is 34.9 Å². The summed E-state index contributed by atoms with van der Waals surface area (Å²) in [7, 11) is 0. The fourth-order valence-electron chi connectivity index (χ4n) is 2.28. The Morgan fingerprint density at radius 2 is 2.25 bits per heavy atom. The fourth-order valence-corrected chi connectivity index (χ4v) is 3.12. The maximum absolute atomic E-state index is 12.1. The molecule has 1 amide bonds. The van der Waals surface area contributed by atoms with E-state index in [0.29, 0.717) is 10.9 Å². The van der Waals surface area contributed by atoms with Gasteiger partial charge in [0.05, 0.1) is 10.4 Å². The molecule has 92 valence electrons. The van der Waals surface area contributed by atoms with Crippen LogP contribution in [-0.4, -0.2) is 28.9 Å². The van der Waals surface area contributed by atoms with E-state index in [-0.39, 0.29) is 11.9 Å². The van der Waals surface area contributed by atoms with Crippen LogP contribution in [0.5, 0.6) is 0 Å². The van der Waals surface area contributed by atoms with Crippen LogP contribution in [0.15, 0.2) is 0 Å². The van der Waals surface area contributed by atoms with Gasteiger partial charge in [-0.25, -0.2) is 0 Å². The van der Waals surface area contributed by atoms with E-state index in [1.165, 1.54) is 0 Å². The van der Waals surface area contributed by atoms with E-state index in [9.17, 15) is 4.79 Å². The van der Waals surface area contributed by atoms with Crippen molar-refractivity contribution in [3.05, 3.63) is 0 Å². The van der Waals surface area contributed by atoms with Crippen LogP contribution in [0.1, 0.15) is 26.7 Å². The Kier molecular flexibility index (Phi) is 4.62. The van der Waals surface area contributed by atoms with E-state index in [0.717, 1.165) is 18.6 Å². The lowest BCUT2D eigenvalue weighted by molar-refractivity contribution is -0.133. The van der Waals surface area contributed by atoms with Gasteiger partial charge in [0, 0.05) is 11.8 Å². The summed E-state index contributed by atoms with van der Waals surface area (Å²) in [6.45, 7) is 4.12. The number of thiocarbonyl (C=S) groups is 1. The average Bonchev–Trinajstić information content (AvgIpc) is 2.11. The van der Waals surface area contributed by atoms with Crippen molar-refractivity contribution in [1.29, 1.82) is 0 Å². The van der Waals surface area contributed by atoms with Gasteiger partial charge in [0.2, 0.25) is 5.91 Å². The van der Waals surface area contributed by atoms with Gasteiger partial charge in [0.15, 0.2) is 0 Å². The first-order chi connectivity index (χ1) is 7.42. The van der Waals surface area contributed by atoms with Gasteiger partial charge in [-0.05, 0) is 31.9 Å². The third kappa shape index (κ3) is 2.69. The fraction of sp³-hybridized carbons (Fsp3) is 0.818. The highest BCUT2D eigenvalue weighted by molar-refractivity contribution is 7.98. The van der Waals surface area contributed by atoms with Crippen LogP contribution in [0.2, 0.25) is 0 Å². The van der Waals surface area contributed by atoms with E-state index in [1.54, 1.807) is 11.8 Å². The number of rotatable bonds is 5. The first kappa shape index (κ1) is 13.8. The van der Waals surface area contributed by atoms with Crippen molar-refractivity contribution in [1.82, 2.24) is 5.32 Å². The molecular formula is C11H20N2OS2. The molecule has 0 spiro atoms. The summed E-state index contributed by atoms with van der Waals surface area (Å²) in [5.41, 5.74) is 5.14. The Morgan fingerprint density at radius 3 is 2.62 bits per heavy atom. The van der Waals surface area contributed by atoms with Crippen LogP contribution < -0.4 is 11.1 Å². The van der Waals surface area contributed by atoms with Gasteiger partial charge in [-0.2, -0.15) is 11.8 Å². The van der Waals surface area contributed by atoms with Gasteiger partial charge in [-0.1, -0.05) is 19.1 Å². The maximum Gasteiger partial charge on any atom is 0.233 e. The minimum absolute atomic E-state index is 0.0136. The molecule has 0 aromatic heterocycles. The molecule has 16 heavy (non-hydrogen) atoms. The predicted octanol–water partition coefficient (Wildman–Crippen LogP) is 1.56. The Bertz CT molecular complexity index is 288. The molecule has 1 fully saturated rings. The molecule has 3 N–H and O–H groups in total. The largest absolute Gasteiger partial charge is 0.392 e. The Labute approximate surface area is 107 Å². The van der Waals surface area contributed by atoms with Crippen LogP contribution in [-0.2, 0) is 4.79 Å². The lowest BCUT2D eigenvalue weighted by atomic mass is 9.62. The summed E-state index contributed by atoms with van der Waals surface area (Å²) in [5, 5.41) is 3.00. The van der Waals surface area contributed by atoms with E-state index < -0.39 is 5.41 Å². The average molecular weight is 260 g/mol. The standard InChI is InChI=1S/C11H20N2OS2/c1-7-4-11(5-7,9(12)15)10(14)13-8(2)6-16-3/h7-8H,4-6H2,1-3H3,(H2,12,15)(H,13,14). The molecule has 1 aliphatic carbocycles. The number of nitrogens with one attached hydrogen (secondary N) is 1. The first-order valence-corrected chi connectivity index (χ1v) is 7.32. The van der Waals surface area contributed by atoms with Crippen LogP contribution in [0.4, 0.5) is 0 Å². The zero-order valence-electron chi connectivity index (χ0n) is 10.1. The molecule has 3 nitrogen and oxygen atoms in total. The lowest BCUT2D eigenvalue weighted by Gasteiger charge is -2.44. The minimum atomic E-state index is -0.568. The molecular weight excluding hydrogens is 240 g/mol. The second kappa shape index (κ2) is 5.36. The molecule has 0 saturated heterocycles. The van der Waals surface area contributed by atoms with Crippen molar-refractivity contribution < 1.29 is 4.79 Å². The SMILES string of the molecule is CSCC(C)NC(=O)C1(C(N)=S)CC(C)C1. The molecule has 0 aromatic carbocycles. The van der Waals surface area contributed by atoms with Gasteiger partial charge in [-0.15, -0.1) is 0 Å². The number of carbonyl (C=O) groups excluding carboxylic acids is 1. The molecule has 0 radical (unpaired) electrons. The summed E-state index contributed by atoms with van der Waals surface area (Å²) in [4.78, 5) is 12.5. The Hall–Kier alpha value is -0.290. The topological polar surface area (TPSA) is 55.1 Å². The molecule has 5 heteroatoms. The molecule has 1 unspecified atom stereocenters. The van der Waals surface area contributed by atoms with Crippen LogP contribution in [0.3, 0.4) is 0 Å². The second-order valence-electron chi connectivity index (χ2n) is 4.79. The van der Waals surface area contributed by atoms with Crippen molar-refractivity contribution in [3.8, 4) is 0 Å². The molecule has 0 aromatic rings. The van der Waals surface area contributed by atoms with Crippen LogP contribution in [0.25, 0.3) is 0 Å². The van der Waals surface area contributed by atoms with Gasteiger partial charge < -0.3 is 11.1 Å². The number of hydrogen-bond donors (Lipinski definition) is 2. The van der Waals surface area contributed by atoms with Gasteiger partial charge in [0.1, 0.15) is 0 Å². The van der Waals surface area contributed by atoms with Gasteiger partial charge in [-0.3, -0.25) is 4.79 Å². The third-order valence-corrected chi connectivity index (χ3v) is 4.32. The second-order valence-corrected chi connectivity index (χ2v) is 6.14. The minimum Gasteiger partial charge on any atom is -0.392 e. The summed E-state index contributed by atoms with van der Waals surface area (Å²) in [6, 6.07) is 0.171. The van der Waals surface area contributed by atoms with Crippen LogP contribution in [0, 0.1) is 11.3 Å². The summed E-state index contributed by atoms with van der Waals surface area (Å²) in [6.07, 6.45) is 3.61. The molecule has 0 heterocycles. The smallest absolute Gasteiger partial charge is 0.233 e. The monoisotopic (exact) mass is 260 g/mol. The van der Waals surface area contributed by atoms with Gasteiger partial charge >= 0.3 is 0 Å². The number of nitrogens with two attached hydrogens (primary N) is 1. The predicted molar refractivity (Wildman–Crippen MR) is 73.6 cm³/mol.